The van der Waals surface area contributed by atoms with Crippen LogP contribution in [0, 0.1) is 0 Å². The van der Waals surface area contributed by atoms with Crippen LogP contribution >= 0.6 is 0 Å². The van der Waals surface area contributed by atoms with Crippen molar-refractivity contribution in [3.8, 4) is 0 Å². The molecule has 4 heteroatoms. The van der Waals surface area contributed by atoms with Crippen LogP contribution in [0.1, 0.15) is 49.3 Å². The molecule has 0 atom stereocenters. The largest absolute Gasteiger partial charge is 0.326 e. The topological polar surface area (TPSA) is 17.8 Å². The zero-order valence-corrected chi connectivity index (χ0v) is 28.5. The van der Waals surface area contributed by atoms with Crippen molar-refractivity contribution in [2.75, 3.05) is 0 Å². The molecule has 0 amide bonds. The van der Waals surface area contributed by atoms with Gasteiger partial charge in [0.15, 0.2) is 0 Å². The van der Waals surface area contributed by atoms with E-state index >= 15 is 0 Å². The number of rotatable bonds is 13. The minimum absolute atomic E-state index is 0.207. The van der Waals surface area contributed by atoms with Crippen LogP contribution in [0.2, 0.25) is 0 Å². The number of benzene rings is 5. The number of hydrogen-bond donors (Lipinski definition) is 0. The fourth-order valence-corrected chi connectivity index (χ4v) is 8.64. The average Bonchev–Trinajstić information content (AvgIpc) is 3.68. The highest BCUT2D eigenvalue weighted by atomic mass is 28.2. The standard InChI is InChI=1S/C28H32N2Si.C14H13B/c1-2-3-4-7-12-24-17-19-27(20-18-24)31-28(30-22-21-29-23-30,25-13-8-5-9-14-25)26-15-10-6-11-16-26;1-2-15(13-9-5-3-6-10-13)14-11-7-4-8-12-14/h5-6,8-11,13-23H,2-4,7,12,31H2,1H3;2-12H,1H2. The first-order valence-corrected chi connectivity index (χ1v) is 18.1. The SMILES string of the molecule is C=CB(c1ccccc1)c1ccccc1.CCCCCCc1ccc([SiH2]C(c2ccccc2)(c2ccccc2)n2ccnc2)cc1. The number of imidazole rings is 1. The van der Waals surface area contributed by atoms with Crippen molar-refractivity contribution >= 4 is 32.3 Å². The molecule has 6 aromatic rings. The Morgan fingerprint density at radius 3 is 1.65 bits per heavy atom. The van der Waals surface area contributed by atoms with Crippen LogP contribution in [0.15, 0.2) is 177 Å². The van der Waals surface area contributed by atoms with Crippen molar-refractivity contribution in [3.05, 3.63) is 194 Å². The second-order valence-electron chi connectivity index (χ2n) is 11.9. The van der Waals surface area contributed by atoms with Crippen LogP contribution in [0.5, 0.6) is 0 Å². The molecular formula is C42H45BN2Si. The molecule has 0 fully saturated rings. The van der Waals surface area contributed by atoms with Gasteiger partial charge in [0.25, 0.3) is 0 Å². The van der Waals surface area contributed by atoms with Crippen molar-refractivity contribution in [3.63, 3.8) is 0 Å². The summed E-state index contributed by atoms with van der Waals surface area (Å²) >= 11 is 0. The molecule has 1 heterocycles. The van der Waals surface area contributed by atoms with Crippen LogP contribution in [0.4, 0.5) is 0 Å². The van der Waals surface area contributed by atoms with Gasteiger partial charge in [-0.1, -0.05) is 188 Å². The summed E-state index contributed by atoms with van der Waals surface area (Å²) in [6.07, 6.45) is 12.4. The van der Waals surface area contributed by atoms with Gasteiger partial charge in [-0.25, -0.2) is 4.98 Å². The van der Waals surface area contributed by atoms with E-state index in [0.717, 1.165) is 0 Å². The maximum atomic E-state index is 4.43. The van der Waals surface area contributed by atoms with E-state index in [1.54, 1.807) is 0 Å². The average molecular weight is 617 g/mol. The first kappa shape index (κ1) is 32.7. The van der Waals surface area contributed by atoms with Crippen LogP contribution in [0.25, 0.3) is 0 Å². The summed E-state index contributed by atoms with van der Waals surface area (Å²) in [4.78, 5) is 4.43. The van der Waals surface area contributed by atoms with Crippen molar-refractivity contribution in [1.82, 2.24) is 9.55 Å². The minimum Gasteiger partial charge on any atom is -0.326 e. The Hall–Kier alpha value is -4.67. The summed E-state index contributed by atoms with van der Waals surface area (Å²) in [7, 11) is -0.790. The van der Waals surface area contributed by atoms with Crippen molar-refractivity contribution in [1.29, 1.82) is 0 Å². The smallest absolute Gasteiger partial charge is 0.233 e. The van der Waals surface area contributed by atoms with E-state index < -0.39 is 9.52 Å². The zero-order chi connectivity index (χ0) is 31.9. The van der Waals surface area contributed by atoms with Gasteiger partial charge in [0.2, 0.25) is 6.71 Å². The number of aromatic nitrogens is 2. The molecule has 0 saturated heterocycles. The predicted octanol–water partition coefficient (Wildman–Crippen LogP) is 7.27. The van der Waals surface area contributed by atoms with Crippen LogP contribution in [0.3, 0.4) is 0 Å². The van der Waals surface area contributed by atoms with E-state index in [4.69, 9.17) is 0 Å². The number of nitrogens with zero attached hydrogens (tertiary/aromatic N) is 2. The third kappa shape index (κ3) is 8.32. The van der Waals surface area contributed by atoms with E-state index in [1.165, 1.54) is 64.9 Å². The maximum Gasteiger partial charge on any atom is 0.233 e. The fraction of sp³-hybridized carbons (Fsp3) is 0.167. The minimum atomic E-state index is -0.790. The van der Waals surface area contributed by atoms with Crippen LogP contribution in [-0.2, 0) is 11.6 Å². The monoisotopic (exact) mass is 616 g/mol. The molecule has 6 rings (SSSR count). The number of aryl methyl sites for hydroxylation is 1. The highest BCUT2D eigenvalue weighted by molar-refractivity contribution is 6.89. The molecule has 0 saturated carbocycles. The Kier molecular flexibility index (Phi) is 12.2. The highest BCUT2D eigenvalue weighted by Gasteiger charge is 2.36. The first-order valence-electron chi connectivity index (χ1n) is 16.6. The lowest BCUT2D eigenvalue weighted by atomic mass is 9.41. The molecule has 0 N–H and O–H groups in total. The zero-order valence-electron chi connectivity index (χ0n) is 27.1. The molecule has 0 spiro atoms. The summed E-state index contributed by atoms with van der Waals surface area (Å²) in [6.45, 7) is 6.48. The molecular weight excluding hydrogens is 571 g/mol. The Bertz CT molecular complexity index is 1610. The second-order valence-corrected chi connectivity index (χ2v) is 14.1. The molecule has 0 unspecified atom stereocenters. The maximum absolute atomic E-state index is 4.43. The second kappa shape index (κ2) is 17.1. The molecule has 230 valence electrons. The molecule has 0 aliphatic carbocycles. The lowest BCUT2D eigenvalue weighted by Gasteiger charge is -2.37. The number of hydrogen-bond acceptors (Lipinski definition) is 1. The first-order chi connectivity index (χ1) is 22.7. The highest BCUT2D eigenvalue weighted by Crippen LogP contribution is 2.33. The summed E-state index contributed by atoms with van der Waals surface area (Å²) in [5.41, 5.74) is 6.70. The number of unbranched alkanes of at least 4 members (excludes halogenated alkanes) is 3. The molecule has 1 aromatic heterocycles. The van der Waals surface area contributed by atoms with Crippen molar-refractivity contribution in [2.24, 2.45) is 0 Å². The predicted molar refractivity (Wildman–Crippen MR) is 202 cm³/mol. The summed E-state index contributed by atoms with van der Waals surface area (Å²) in [5, 5.41) is 1.26. The normalized spacial score (nSPS) is 11.2. The van der Waals surface area contributed by atoms with Gasteiger partial charge in [-0.15, -0.1) is 12.6 Å². The van der Waals surface area contributed by atoms with Crippen LogP contribution < -0.4 is 16.1 Å². The van der Waals surface area contributed by atoms with E-state index in [-0.39, 0.29) is 5.16 Å². The van der Waals surface area contributed by atoms with Gasteiger partial charge in [-0.3, -0.25) is 0 Å². The third-order valence-electron chi connectivity index (χ3n) is 8.80. The Balaban J connectivity index is 0.000000232. The lowest BCUT2D eigenvalue weighted by Crippen LogP contribution is -2.46. The molecule has 0 radical (unpaired) electrons. The molecule has 0 aliphatic heterocycles. The third-order valence-corrected chi connectivity index (χ3v) is 11.4. The van der Waals surface area contributed by atoms with Gasteiger partial charge in [0.1, 0.15) is 0 Å². The molecule has 46 heavy (non-hydrogen) atoms. The Morgan fingerprint density at radius 1 is 0.674 bits per heavy atom. The van der Waals surface area contributed by atoms with Crippen molar-refractivity contribution < 1.29 is 0 Å². The molecule has 0 bridgehead atoms. The molecule has 0 aliphatic rings. The van der Waals surface area contributed by atoms with E-state index in [1.807, 2.05) is 30.6 Å². The van der Waals surface area contributed by atoms with Crippen molar-refractivity contribution in [2.45, 2.75) is 44.2 Å². The fourth-order valence-electron chi connectivity index (χ4n) is 6.33. The Morgan fingerprint density at radius 2 is 1.20 bits per heavy atom. The summed E-state index contributed by atoms with van der Waals surface area (Å²) < 4.78 is 2.32. The van der Waals surface area contributed by atoms with E-state index in [9.17, 15) is 0 Å². The van der Waals surface area contributed by atoms with Gasteiger partial charge in [0.05, 0.1) is 21.0 Å². The van der Waals surface area contributed by atoms with Crippen LogP contribution in [-0.4, -0.2) is 25.8 Å². The van der Waals surface area contributed by atoms with E-state index in [0.29, 0.717) is 6.71 Å². The quantitative estimate of drug-likeness (QED) is 0.0986. The Labute approximate surface area is 278 Å². The molecule has 5 aromatic carbocycles. The van der Waals surface area contributed by atoms with Gasteiger partial charge >= 0.3 is 0 Å². The van der Waals surface area contributed by atoms with Gasteiger partial charge in [-0.05, 0) is 29.5 Å². The van der Waals surface area contributed by atoms with Gasteiger partial charge in [-0.2, -0.15) is 0 Å². The lowest BCUT2D eigenvalue weighted by molar-refractivity contribution is 0.596. The van der Waals surface area contributed by atoms with E-state index in [2.05, 4.69) is 163 Å². The van der Waals surface area contributed by atoms with Gasteiger partial charge < -0.3 is 4.57 Å². The van der Waals surface area contributed by atoms with Gasteiger partial charge in [0, 0.05) is 12.4 Å². The summed E-state index contributed by atoms with van der Waals surface area (Å²) in [6, 6.07) is 52.2. The molecule has 2 nitrogen and oxygen atoms in total. The summed E-state index contributed by atoms with van der Waals surface area (Å²) in [5.74, 6) is 1.99.